The molecule has 0 fully saturated rings. The minimum atomic E-state index is -3.41. The molecule has 0 radical (unpaired) electrons. The predicted octanol–water partition coefficient (Wildman–Crippen LogP) is 3.63. The van der Waals surface area contributed by atoms with Crippen molar-refractivity contribution in [2.24, 2.45) is 0 Å². The number of nitrogens with zero attached hydrogens (tertiary/aromatic N) is 1. The molecular weight excluding hydrogens is 370 g/mol. The van der Waals surface area contributed by atoms with Gasteiger partial charge < -0.3 is 0 Å². The van der Waals surface area contributed by atoms with E-state index in [2.05, 4.69) is 31.9 Å². The third kappa shape index (κ3) is 3.53. The quantitative estimate of drug-likeness (QED) is 0.777. The van der Waals surface area contributed by atoms with E-state index in [0.717, 1.165) is 10.9 Å². The third-order valence-electron chi connectivity index (χ3n) is 2.34. The van der Waals surface area contributed by atoms with E-state index in [4.69, 9.17) is 0 Å². The van der Waals surface area contributed by atoms with Crippen molar-refractivity contribution in [2.75, 3.05) is 13.1 Å². The summed E-state index contributed by atoms with van der Waals surface area (Å²) >= 11 is 6.58. The first-order chi connectivity index (χ1) is 7.93. The van der Waals surface area contributed by atoms with Gasteiger partial charge in [-0.15, -0.1) is 0 Å². The Morgan fingerprint density at radius 1 is 1.24 bits per heavy atom. The Morgan fingerprint density at radius 3 is 2.41 bits per heavy atom. The molecule has 0 saturated carbocycles. The van der Waals surface area contributed by atoms with Gasteiger partial charge in [0, 0.05) is 22.0 Å². The van der Waals surface area contributed by atoms with Crippen molar-refractivity contribution in [2.45, 2.75) is 25.2 Å². The van der Waals surface area contributed by atoms with Crippen LogP contribution in [0.1, 0.15) is 20.3 Å². The zero-order valence-electron chi connectivity index (χ0n) is 9.78. The largest absolute Gasteiger partial charge is 0.244 e. The minimum absolute atomic E-state index is 0.308. The van der Waals surface area contributed by atoms with Gasteiger partial charge in [-0.1, -0.05) is 29.8 Å². The molecule has 0 amide bonds. The predicted molar refractivity (Wildman–Crippen MR) is 76.6 cm³/mol. The van der Waals surface area contributed by atoms with Crippen LogP contribution >= 0.6 is 31.9 Å². The lowest BCUT2D eigenvalue weighted by atomic mass is 10.4. The van der Waals surface area contributed by atoms with Gasteiger partial charge in [-0.25, -0.2) is 8.42 Å². The summed E-state index contributed by atoms with van der Waals surface area (Å²) < 4.78 is 27.6. The monoisotopic (exact) mass is 383 g/mol. The molecule has 0 heterocycles. The molecule has 0 N–H and O–H groups in total. The molecule has 0 spiro atoms. The van der Waals surface area contributed by atoms with Crippen molar-refractivity contribution in [1.29, 1.82) is 0 Å². The lowest BCUT2D eigenvalue weighted by Gasteiger charge is -2.20. The highest BCUT2D eigenvalue weighted by Crippen LogP contribution is 2.28. The second kappa shape index (κ2) is 6.31. The van der Waals surface area contributed by atoms with Gasteiger partial charge in [0.2, 0.25) is 10.0 Å². The zero-order chi connectivity index (χ0) is 13.1. The Kier molecular flexibility index (Phi) is 5.63. The van der Waals surface area contributed by atoms with Gasteiger partial charge >= 0.3 is 0 Å². The van der Waals surface area contributed by atoms with Crippen LogP contribution in [0, 0.1) is 0 Å². The summed E-state index contributed by atoms with van der Waals surface area (Å²) in [4.78, 5) is 0.308. The summed E-state index contributed by atoms with van der Waals surface area (Å²) in [5.41, 5.74) is 0. The maximum Gasteiger partial charge on any atom is 0.244 e. The number of rotatable bonds is 5. The second-order valence-corrected chi connectivity index (χ2v) is 7.25. The third-order valence-corrected chi connectivity index (χ3v) is 5.80. The molecule has 1 rings (SSSR count). The molecule has 0 saturated heterocycles. The van der Waals surface area contributed by atoms with Crippen molar-refractivity contribution < 1.29 is 8.42 Å². The van der Waals surface area contributed by atoms with Gasteiger partial charge in [0.15, 0.2) is 0 Å². The zero-order valence-corrected chi connectivity index (χ0v) is 13.8. The van der Waals surface area contributed by atoms with E-state index in [0.29, 0.717) is 22.5 Å². The summed E-state index contributed by atoms with van der Waals surface area (Å²) in [7, 11) is -3.41. The van der Waals surface area contributed by atoms with E-state index >= 15 is 0 Å². The molecule has 1 aromatic rings. The molecule has 0 atom stereocenters. The molecule has 0 aliphatic carbocycles. The second-order valence-electron chi connectivity index (χ2n) is 3.57. The summed E-state index contributed by atoms with van der Waals surface area (Å²) in [6, 6.07) is 5.16. The fourth-order valence-electron chi connectivity index (χ4n) is 1.51. The number of hydrogen-bond acceptors (Lipinski definition) is 2. The lowest BCUT2D eigenvalue weighted by Crippen LogP contribution is -2.31. The van der Waals surface area contributed by atoms with Crippen LogP contribution in [-0.2, 0) is 10.0 Å². The highest BCUT2D eigenvalue weighted by molar-refractivity contribution is 9.11. The Hall–Kier alpha value is 0.0900. The van der Waals surface area contributed by atoms with Crippen LogP contribution in [0.4, 0.5) is 0 Å². The molecule has 0 aliphatic rings. The van der Waals surface area contributed by atoms with Crippen molar-refractivity contribution in [3.8, 4) is 0 Å². The van der Waals surface area contributed by atoms with Crippen LogP contribution in [0.2, 0.25) is 0 Å². The van der Waals surface area contributed by atoms with Crippen LogP contribution in [-0.4, -0.2) is 25.8 Å². The van der Waals surface area contributed by atoms with E-state index in [-0.39, 0.29) is 0 Å². The Morgan fingerprint density at radius 2 is 1.88 bits per heavy atom. The van der Waals surface area contributed by atoms with Crippen molar-refractivity contribution in [3.63, 3.8) is 0 Å². The average Bonchev–Trinajstić information content (AvgIpc) is 2.28. The van der Waals surface area contributed by atoms with Crippen LogP contribution < -0.4 is 0 Å². The molecule has 0 aliphatic heterocycles. The van der Waals surface area contributed by atoms with Crippen molar-refractivity contribution >= 4 is 41.9 Å². The van der Waals surface area contributed by atoms with Gasteiger partial charge in [0.1, 0.15) is 0 Å². The standard InChI is InChI=1S/C11H15Br2NO2S/c1-3-7-14(4-2)17(15,16)11-8-9(12)5-6-10(11)13/h5-6,8H,3-4,7H2,1-2H3. The summed E-state index contributed by atoms with van der Waals surface area (Å²) in [5.74, 6) is 0. The van der Waals surface area contributed by atoms with Gasteiger partial charge in [-0.2, -0.15) is 4.31 Å². The van der Waals surface area contributed by atoms with E-state index in [1.165, 1.54) is 4.31 Å². The first-order valence-electron chi connectivity index (χ1n) is 5.38. The first-order valence-corrected chi connectivity index (χ1v) is 8.41. The molecule has 1 aromatic carbocycles. The van der Waals surface area contributed by atoms with Gasteiger partial charge in [0.25, 0.3) is 0 Å². The van der Waals surface area contributed by atoms with E-state index in [1.54, 1.807) is 18.2 Å². The van der Waals surface area contributed by atoms with E-state index in [1.807, 2.05) is 13.8 Å². The Bertz CT molecular complexity index is 488. The molecular formula is C11H15Br2NO2S. The SMILES string of the molecule is CCCN(CC)S(=O)(=O)c1cc(Br)ccc1Br. The topological polar surface area (TPSA) is 37.4 Å². The maximum absolute atomic E-state index is 12.4. The lowest BCUT2D eigenvalue weighted by molar-refractivity contribution is 0.427. The summed E-state index contributed by atoms with van der Waals surface area (Å²) in [6.45, 7) is 4.83. The van der Waals surface area contributed by atoms with E-state index in [9.17, 15) is 8.42 Å². The number of halogens is 2. The summed E-state index contributed by atoms with van der Waals surface area (Å²) in [6.07, 6.45) is 0.804. The number of hydrogen-bond donors (Lipinski definition) is 0. The minimum Gasteiger partial charge on any atom is -0.207 e. The molecule has 0 unspecified atom stereocenters. The van der Waals surface area contributed by atoms with Gasteiger partial charge in [0.05, 0.1) is 4.90 Å². The summed E-state index contributed by atoms with van der Waals surface area (Å²) in [5, 5.41) is 0. The molecule has 0 aromatic heterocycles. The molecule has 96 valence electrons. The molecule has 17 heavy (non-hydrogen) atoms. The maximum atomic E-state index is 12.4. The van der Waals surface area contributed by atoms with Crippen LogP contribution in [0.25, 0.3) is 0 Å². The first kappa shape index (κ1) is 15.1. The van der Waals surface area contributed by atoms with Crippen LogP contribution in [0.3, 0.4) is 0 Å². The van der Waals surface area contributed by atoms with Crippen molar-refractivity contribution in [1.82, 2.24) is 4.31 Å². The highest BCUT2D eigenvalue weighted by Gasteiger charge is 2.24. The van der Waals surface area contributed by atoms with Gasteiger partial charge in [-0.05, 0) is 40.5 Å². The van der Waals surface area contributed by atoms with Crippen molar-refractivity contribution in [3.05, 3.63) is 27.1 Å². The highest BCUT2D eigenvalue weighted by atomic mass is 79.9. The van der Waals surface area contributed by atoms with E-state index < -0.39 is 10.0 Å². The van der Waals surface area contributed by atoms with Crippen LogP contribution in [0.15, 0.2) is 32.0 Å². The smallest absolute Gasteiger partial charge is 0.207 e. The normalized spacial score (nSPS) is 12.1. The number of benzene rings is 1. The number of sulfonamides is 1. The fraction of sp³-hybridized carbons (Fsp3) is 0.455. The molecule has 0 bridgehead atoms. The Labute approximate surface area is 120 Å². The average molecular weight is 385 g/mol. The molecule has 6 heteroatoms. The van der Waals surface area contributed by atoms with Crippen LogP contribution in [0.5, 0.6) is 0 Å². The fourth-order valence-corrected chi connectivity index (χ4v) is 4.52. The Balaban J connectivity index is 3.24. The molecule has 3 nitrogen and oxygen atoms in total. The van der Waals surface area contributed by atoms with Gasteiger partial charge in [-0.3, -0.25) is 0 Å².